The van der Waals surface area contributed by atoms with E-state index in [-0.39, 0.29) is 5.41 Å². The Morgan fingerprint density at radius 2 is 2.19 bits per heavy atom. The first-order chi connectivity index (χ1) is 7.43. The molecule has 1 aromatic heterocycles. The van der Waals surface area contributed by atoms with E-state index >= 15 is 0 Å². The third-order valence-corrected chi connectivity index (χ3v) is 2.33. The molecule has 1 rings (SSSR count). The van der Waals surface area contributed by atoms with E-state index in [1.165, 1.54) is 5.56 Å². The molecule has 0 radical (unpaired) electrons. The summed E-state index contributed by atoms with van der Waals surface area (Å²) in [5.74, 6) is 0. The first-order valence-electron chi connectivity index (χ1n) is 5.43. The zero-order valence-electron chi connectivity index (χ0n) is 10.4. The highest BCUT2D eigenvalue weighted by Gasteiger charge is 2.15. The van der Waals surface area contributed by atoms with Crippen molar-refractivity contribution in [1.29, 1.82) is 0 Å². The minimum absolute atomic E-state index is 0.149. The lowest BCUT2D eigenvalue weighted by Crippen LogP contribution is -2.09. The van der Waals surface area contributed by atoms with E-state index in [1.54, 1.807) is 6.08 Å². The Morgan fingerprint density at radius 1 is 1.50 bits per heavy atom. The number of allylic oxidation sites excluding steroid dienone is 4. The van der Waals surface area contributed by atoms with E-state index in [2.05, 4.69) is 45.2 Å². The van der Waals surface area contributed by atoms with Crippen molar-refractivity contribution in [2.24, 2.45) is 0 Å². The smallest absolute Gasteiger partial charge is 0.0653 e. The molecule has 16 heavy (non-hydrogen) atoms. The molecule has 0 N–H and O–H groups in total. The predicted octanol–water partition coefficient (Wildman–Crippen LogP) is 3.48. The molecule has 1 heterocycles. The maximum absolute atomic E-state index is 4.33. The molecule has 0 atom stereocenters. The molecule has 0 aromatic carbocycles. The summed E-state index contributed by atoms with van der Waals surface area (Å²) in [7, 11) is 0. The molecule has 0 saturated carbocycles. The summed E-state index contributed by atoms with van der Waals surface area (Å²) >= 11 is 0. The number of hydrogen-bond acceptors (Lipinski definition) is 1. The number of aromatic nitrogens is 2. The van der Waals surface area contributed by atoms with Crippen LogP contribution in [0.3, 0.4) is 0 Å². The van der Waals surface area contributed by atoms with Crippen LogP contribution in [0.2, 0.25) is 0 Å². The third kappa shape index (κ3) is 3.54. The molecule has 0 saturated heterocycles. The average Bonchev–Trinajstić information content (AvgIpc) is 2.62. The molecule has 0 aliphatic carbocycles. The minimum atomic E-state index is 0.149. The van der Waals surface area contributed by atoms with Gasteiger partial charge in [-0.1, -0.05) is 52.2 Å². The fraction of sp³-hybridized carbons (Fsp3) is 0.357. The average molecular weight is 216 g/mol. The van der Waals surface area contributed by atoms with E-state index in [1.807, 2.05) is 23.0 Å². The molecular formula is C14H20N2. The normalized spacial score (nSPS) is 11.9. The molecule has 1 aromatic rings. The Bertz CT molecular complexity index is 403. The van der Waals surface area contributed by atoms with Gasteiger partial charge in [-0.05, 0) is 16.6 Å². The highest BCUT2D eigenvalue weighted by atomic mass is 15.3. The van der Waals surface area contributed by atoms with Crippen molar-refractivity contribution < 1.29 is 0 Å². The standard InChI is InChI=1S/C14H20N2/c1-6-7-8-12(2)10-16-11-13(9-15-16)14(3,4)5/h6-9,11H,1-2,10H2,3-5H3/b8-7-. The second-order valence-electron chi connectivity index (χ2n) is 4.93. The van der Waals surface area contributed by atoms with Crippen molar-refractivity contribution >= 4 is 0 Å². The molecule has 0 fully saturated rings. The fourth-order valence-corrected chi connectivity index (χ4v) is 1.30. The molecule has 0 bridgehead atoms. The molecular weight excluding hydrogens is 196 g/mol. The van der Waals surface area contributed by atoms with Gasteiger partial charge in [0, 0.05) is 6.20 Å². The monoisotopic (exact) mass is 216 g/mol. The van der Waals surface area contributed by atoms with Gasteiger partial charge in [-0.15, -0.1) is 0 Å². The highest BCUT2D eigenvalue weighted by Crippen LogP contribution is 2.21. The Labute approximate surface area is 98.0 Å². The molecule has 0 spiro atoms. The summed E-state index contributed by atoms with van der Waals surface area (Å²) in [5.41, 5.74) is 2.41. The van der Waals surface area contributed by atoms with Crippen LogP contribution in [0.15, 0.2) is 49.4 Å². The first-order valence-corrected chi connectivity index (χ1v) is 5.43. The van der Waals surface area contributed by atoms with Crippen molar-refractivity contribution in [2.75, 3.05) is 0 Å². The van der Waals surface area contributed by atoms with Crippen LogP contribution >= 0.6 is 0 Å². The van der Waals surface area contributed by atoms with E-state index in [9.17, 15) is 0 Å². The lowest BCUT2D eigenvalue weighted by atomic mass is 9.90. The maximum atomic E-state index is 4.33. The lowest BCUT2D eigenvalue weighted by Gasteiger charge is -2.15. The van der Waals surface area contributed by atoms with E-state index < -0.39 is 0 Å². The summed E-state index contributed by atoms with van der Waals surface area (Å²) in [6.45, 7) is 14.9. The maximum Gasteiger partial charge on any atom is 0.0653 e. The van der Waals surface area contributed by atoms with Crippen molar-refractivity contribution in [2.45, 2.75) is 32.7 Å². The zero-order chi connectivity index (χ0) is 12.2. The number of nitrogens with zero attached hydrogens (tertiary/aromatic N) is 2. The SMILES string of the molecule is C=C/C=C\C(=C)Cn1cc(C(C)(C)C)cn1. The molecule has 2 heteroatoms. The van der Waals surface area contributed by atoms with Gasteiger partial charge in [-0.25, -0.2) is 0 Å². The van der Waals surface area contributed by atoms with Crippen molar-refractivity contribution in [3.63, 3.8) is 0 Å². The Balaban J connectivity index is 2.69. The van der Waals surface area contributed by atoms with Gasteiger partial charge in [-0.2, -0.15) is 5.10 Å². The highest BCUT2D eigenvalue weighted by molar-refractivity contribution is 5.20. The molecule has 0 aliphatic rings. The van der Waals surface area contributed by atoms with Gasteiger partial charge >= 0.3 is 0 Å². The van der Waals surface area contributed by atoms with Gasteiger partial charge in [0.05, 0.1) is 12.7 Å². The lowest BCUT2D eigenvalue weighted by molar-refractivity contribution is 0.587. The van der Waals surface area contributed by atoms with E-state index in [0.29, 0.717) is 0 Å². The van der Waals surface area contributed by atoms with Gasteiger partial charge in [-0.3, -0.25) is 4.68 Å². The second kappa shape index (κ2) is 4.97. The van der Waals surface area contributed by atoms with Crippen LogP contribution in [0.5, 0.6) is 0 Å². The fourth-order valence-electron chi connectivity index (χ4n) is 1.30. The second-order valence-corrected chi connectivity index (χ2v) is 4.93. The molecule has 2 nitrogen and oxygen atoms in total. The first kappa shape index (κ1) is 12.5. The van der Waals surface area contributed by atoms with Crippen LogP contribution in [-0.2, 0) is 12.0 Å². The molecule has 0 amide bonds. The third-order valence-electron chi connectivity index (χ3n) is 2.33. The van der Waals surface area contributed by atoms with Crippen LogP contribution in [0.25, 0.3) is 0 Å². The quantitative estimate of drug-likeness (QED) is 0.705. The Morgan fingerprint density at radius 3 is 2.69 bits per heavy atom. The summed E-state index contributed by atoms with van der Waals surface area (Å²) in [4.78, 5) is 0. The zero-order valence-corrected chi connectivity index (χ0v) is 10.4. The Hall–Kier alpha value is -1.57. The van der Waals surface area contributed by atoms with Crippen molar-refractivity contribution in [1.82, 2.24) is 9.78 Å². The van der Waals surface area contributed by atoms with Gasteiger partial charge in [0.15, 0.2) is 0 Å². The topological polar surface area (TPSA) is 17.8 Å². The van der Waals surface area contributed by atoms with Gasteiger partial charge in [0.1, 0.15) is 0 Å². The predicted molar refractivity (Wildman–Crippen MR) is 69.4 cm³/mol. The van der Waals surface area contributed by atoms with Crippen LogP contribution in [0.1, 0.15) is 26.3 Å². The van der Waals surface area contributed by atoms with Crippen LogP contribution in [0, 0.1) is 0 Å². The summed E-state index contributed by atoms with van der Waals surface area (Å²) in [6, 6.07) is 0. The van der Waals surface area contributed by atoms with Crippen LogP contribution in [-0.4, -0.2) is 9.78 Å². The van der Waals surface area contributed by atoms with Crippen molar-refractivity contribution in [3.8, 4) is 0 Å². The largest absolute Gasteiger partial charge is 0.268 e. The van der Waals surface area contributed by atoms with Gasteiger partial charge in [0.2, 0.25) is 0 Å². The van der Waals surface area contributed by atoms with E-state index in [4.69, 9.17) is 0 Å². The van der Waals surface area contributed by atoms with E-state index in [0.717, 1.165) is 12.1 Å². The Kier molecular flexibility index (Phi) is 3.88. The molecule has 0 aliphatic heterocycles. The number of rotatable bonds is 4. The summed E-state index contributed by atoms with van der Waals surface area (Å²) < 4.78 is 1.91. The minimum Gasteiger partial charge on any atom is -0.268 e. The van der Waals surface area contributed by atoms with Crippen LogP contribution in [0.4, 0.5) is 0 Å². The summed E-state index contributed by atoms with van der Waals surface area (Å²) in [6.07, 6.45) is 9.58. The van der Waals surface area contributed by atoms with Gasteiger partial charge < -0.3 is 0 Å². The van der Waals surface area contributed by atoms with Gasteiger partial charge in [0.25, 0.3) is 0 Å². The van der Waals surface area contributed by atoms with Crippen LogP contribution < -0.4 is 0 Å². The molecule has 86 valence electrons. The molecule has 0 unspecified atom stereocenters. The summed E-state index contributed by atoms with van der Waals surface area (Å²) in [5, 5.41) is 4.33. The van der Waals surface area contributed by atoms with Crippen molar-refractivity contribution in [3.05, 3.63) is 54.9 Å². The number of hydrogen-bond donors (Lipinski definition) is 0.